The van der Waals surface area contributed by atoms with E-state index < -0.39 is 47.2 Å². The summed E-state index contributed by atoms with van der Waals surface area (Å²) in [6.45, 7) is 16.8. The normalized spacial score (nSPS) is 13.5. The molecule has 0 saturated heterocycles. The molecular weight excluding hydrogens is 494 g/mol. The quantitative estimate of drug-likeness (QED) is 0.173. The maximum atomic E-state index is 12.7. The summed E-state index contributed by atoms with van der Waals surface area (Å²) in [5.41, 5.74) is 3.66. The third kappa shape index (κ3) is 21.3. The van der Waals surface area contributed by atoms with E-state index in [0.717, 1.165) is 0 Å². The lowest BCUT2D eigenvalue weighted by atomic mass is 10.1. The first-order valence-corrected chi connectivity index (χ1v) is 13.2. The smallest absolute Gasteiger partial charge is 0.407 e. The van der Waals surface area contributed by atoms with Crippen LogP contribution in [-0.4, -0.2) is 72.7 Å². The van der Waals surface area contributed by atoms with E-state index >= 15 is 0 Å². The molecule has 0 unspecified atom stereocenters. The van der Waals surface area contributed by atoms with Crippen molar-refractivity contribution in [2.24, 2.45) is 5.73 Å². The molecule has 0 aromatic heterocycles. The van der Waals surface area contributed by atoms with E-state index in [4.69, 9.17) is 19.9 Å². The van der Waals surface area contributed by atoms with Crippen LogP contribution in [0.1, 0.15) is 94.4 Å². The minimum absolute atomic E-state index is 0.0264. The molecule has 0 radical (unpaired) electrons. The standard InChI is InChI=1S/C26H51N5O7/c1-24(2,3)36-21(33)28-15-11-13-19(31-23(35)38-26(7,8)9)17-29-20(32)16-18(12-10-14-27)30-22(34)37-25(4,5)6/h18-19H,10-17,27H2,1-9H3,(H,28,33)(H,29,32)(H,30,34)(H,31,35)/t18-,19-/m0/s1. The van der Waals surface area contributed by atoms with Crippen molar-refractivity contribution in [2.75, 3.05) is 19.6 Å². The zero-order valence-electron chi connectivity index (χ0n) is 24.7. The van der Waals surface area contributed by atoms with Crippen molar-refractivity contribution in [3.63, 3.8) is 0 Å². The first kappa shape index (κ1) is 35.2. The molecule has 6 N–H and O–H groups in total. The summed E-state index contributed by atoms with van der Waals surface area (Å²) in [5.74, 6) is -0.300. The Morgan fingerprint density at radius 3 is 1.58 bits per heavy atom. The Balaban J connectivity index is 5.00. The van der Waals surface area contributed by atoms with E-state index in [1.54, 1.807) is 62.3 Å². The zero-order valence-corrected chi connectivity index (χ0v) is 24.7. The Morgan fingerprint density at radius 1 is 0.658 bits per heavy atom. The van der Waals surface area contributed by atoms with Crippen LogP contribution in [0.5, 0.6) is 0 Å². The van der Waals surface area contributed by atoms with Crippen LogP contribution in [0.15, 0.2) is 0 Å². The van der Waals surface area contributed by atoms with Gasteiger partial charge in [0.05, 0.1) is 0 Å². The number of nitrogens with one attached hydrogen (secondary N) is 4. The van der Waals surface area contributed by atoms with Crippen molar-refractivity contribution >= 4 is 24.2 Å². The summed E-state index contributed by atoms with van der Waals surface area (Å²) in [5, 5.41) is 11.0. The number of rotatable bonds is 13. The molecule has 0 spiro atoms. The molecule has 0 bridgehead atoms. The highest BCUT2D eigenvalue weighted by molar-refractivity contribution is 5.78. The van der Waals surface area contributed by atoms with Gasteiger partial charge in [0.15, 0.2) is 0 Å². The van der Waals surface area contributed by atoms with Crippen LogP contribution in [-0.2, 0) is 19.0 Å². The molecule has 0 aromatic rings. The van der Waals surface area contributed by atoms with Gasteiger partial charge < -0.3 is 41.2 Å². The maximum absolute atomic E-state index is 12.7. The largest absolute Gasteiger partial charge is 0.444 e. The van der Waals surface area contributed by atoms with Gasteiger partial charge in [-0.1, -0.05) is 0 Å². The lowest BCUT2D eigenvalue weighted by molar-refractivity contribution is -0.121. The molecule has 0 aliphatic rings. The summed E-state index contributed by atoms with van der Waals surface area (Å²) >= 11 is 0. The van der Waals surface area contributed by atoms with Gasteiger partial charge in [-0.05, 0) is 94.5 Å². The minimum atomic E-state index is -0.681. The number of carbonyl (C=O) groups is 4. The average molecular weight is 546 g/mol. The van der Waals surface area contributed by atoms with Crippen LogP contribution >= 0.6 is 0 Å². The molecule has 222 valence electrons. The Morgan fingerprint density at radius 2 is 1.11 bits per heavy atom. The molecule has 2 atom stereocenters. The highest BCUT2D eigenvalue weighted by atomic mass is 16.6. The fourth-order valence-electron chi connectivity index (χ4n) is 3.15. The topological polar surface area (TPSA) is 170 Å². The lowest BCUT2D eigenvalue weighted by Crippen LogP contribution is -2.47. The second kappa shape index (κ2) is 16.3. The van der Waals surface area contributed by atoms with Gasteiger partial charge in [0.25, 0.3) is 0 Å². The van der Waals surface area contributed by atoms with E-state index in [0.29, 0.717) is 38.8 Å². The van der Waals surface area contributed by atoms with E-state index in [1.807, 2.05) is 0 Å². The lowest BCUT2D eigenvalue weighted by Gasteiger charge is -2.25. The average Bonchev–Trinajstić information content (AvgIpc) is 2.69. The second-order valence-corrected chi connectivity index (χ2v) is 12.2. The van der Waals surface area contributed by atoms with Crippen molar-refractivity contribution in [3.05, 3.63) is 0 Å². The molecule has 12 heteroatoms. The first-order chi connectivity index (χ1) is 17.3. The highest BCUT2D eigenvalue weighted by Gasteiger charge is 2.23. The van der Waals surface area contributed by atoms with E-state index in [9.17, 15) is 19.2 Å². The predicted molar refractivity (Wildman–Crippen MR) is 146 cm³/mol. The Hall–Kier alpha value is -2.76. The molecular formula is C26H51N5O7. The van der Waals surface area contributed by atoms with Gasteiger partial charge in [-0.3, -0.25) is 4.79 Å². The van der Waals surface area contributed by atoms with Gasteiger partial charge >= 0.3 is 18.3 Å². The number of alkyl carbamates (subject to hydrolysis) is 3. The monoisotopic (exact) mass is 545 g/mol. The molecule has 0 aliphatic carbocycles. The van der Waals surface area contributed by atoms with E-state index in [-0.39, 0.29) is 18.9 Å². The van der Waals surface area contributed by atoms with Crippen LogP contribution in [0.2, 0.25) is 0 Å². The third-order valence-corrected chi connectivity index (χ3v) is 4.57. The maximum Gasteiger partial charge on any atom is 0.407 e. The Kier molecular flexibility index (Phi) is 15.1. The van der Waals surface area contributed by atoms with Gasteiger partial charge in [0.2, 0.25) is 5.91 Å². The molecule has 38 heavy (non-hydrogen) atoms. The second-order valence-electron chi connectivity index (χ2n) is 12.2. The number of carbonyl (C=O) groups excluding carboxylic acids is 4. The van der Waals surface area contributed by atoms with Crippen LogP contribution in [0.4, 0.5) is 14.4 Å². The molecule has 0 rings (SSSR count). The number of amides is 4. The number of hydrogen-bond acceptors (Lipinski definition) is 8. The number of hydrogen-bond donors (Lipinski definition) is 5. The van der Waals surface area contributed by atoms with Crippen LogP contribution < -0.4 is 27.0 Å². The van der Waals surface area contributed by atoms with Crippen molar-refractivity contribution in [1.82, 2.24) is 21.3 Å². The fourth-order valence-corrected chi connectivity index (χ4v) is 3.15. The van der Waals surface area contributed by atoms with Crippen molar-refractivity contribution in [3.8, 4) is 0 Å². The Bertz CT molecular complexity index is 755. The fraction of sp³-hybridized carbons (Fsp3) is 0.846. The molecule has 0 heterocycles. The summed E-state index contributed by atoms with van der Waals surface area (Å²) in [4.78, 5) is 49.1. The van der Waals surface area contributed by atoms with Crippen LogP contribution in [0.3, 0.4) is 0 Å². The molecule has 0 aliphatic heterocycles. The Labute approximate surface area is 227 Å². The summed E-state index contributed by atoms with van der Waals surface area (Å²) in [6, 6.07) is -0.903. The van der Waals surface area contributed by atoms with Gasteiger partial charge in [0, 0.05) is 31.6 Å². The molecule has 0 saturated carbocycles. The molecule has 0 fully saturated rings. The predicted octanol–water partition coefficient (Wildman–Crippen LogP) is 3.32. The van der Waals surface area contributed by atoms with Crippen LogP contribution in [0.25, 0.3) is 0 Å². The molecule has 4 amide bonds. The molecule has 0 aromatic carbocycles. The SMILES string of the molecule is CC(C)(C)OC(=O)NCCC[C@@H](CNC(=O)C[C@H](CCCN)NC(=O)OC(C)(C)C)NC(=O)OC(C)(C)C. The van der Waals surface area contributed by atoms with Gasteiger partial charge in [-0.25, -0.2) is 14.4 Å². The summed E-state index contributed by atoms with van der Waals surface area (Å²) in [7, 11) is 0. The third-order valence-electron chi connectivity index (χ3n) is 4.57. The zero-order chi connectivity index (χ0) is 29.6. The van der Waals surface area contributed by atoms with Crippen molar-refractivity contribution in [2.45, 2.75) is 123 Å². The van der Waals surface area contributed by atoms with Gasteiger partial charge in [-0.2, -0.15) is 0 Å². The number of nitrogens with two attached hydrogens (primary N) is 1. The van der Waals surface area contributed by atoms with Crippen LogP contribution in [0, 0.1) is 0 Å². The van der Waals surface area contributed by atoms with Gasteiger partial charge in [-0.15, -0.1) is 0 Å². The van der Waals surface area contributed by atoms with Gasteiger partial charge in [0.1, 0.15) is 16.8 Å². The molecule has 12 nitrogen and oxygen atoms in total. The van der Waals surface area contributed by atoms with E-state index in [1.165, 1.54) is 0 Å². The summed E-state index contributed by atoms with van der Waals surface area (Å²) < 4.78 is 15.9. The summed E-state index contributed by atoms with van der Waals surface area (Å²) in [6.07, 6.45) is 0.414. The minimum Gasteiger partial charge on any atom is -0.444 e. The van der Waals surface area contributed by atoms with Crippen molar-refractivity contribution < 1.29 is 33.4 Å². The van der Waals surface area contributed by atoms with Crippen molar-refractivity contribution in [1.29, 1.82) is 0 Å². The highest BCUT2D eigenvalue weighted by Crippen LogP contribution is 2.10. The van der Waals surface area contributed by atoms with E-state index in [2.05, 4.69) is 21.3 Å². The first-order valence-electron chi connectivity index (χ1n) is 13.2. The number of ether oxygens (including phenoxy) is 3.